The van der Waals surface area contributed by atoms with Crippen LogP contribution in [0.3, 0.4) is 0 Å². The molecule has 1 amide bonds. The topological polar surface area (TPSA) is 69.0 Å². The maximum atomic E-state index is 12.3. The van der Waals surface area contributed by atoms with E-state index in [2.05, 4.69) is 15.4 Å². The lowest BCUT2D eigenvalue weighted by atomic mass is 10.2. The summed E-state index contributed by atoms with van der Waals surface area (Å²) >= 11 is 6.49. The van der Waals surface area contributed by atoms with E-state index in [1.54, 1.807) is 11.8 Å². The number of halogens is 1. The number of ether oxygens (including phenoxy) is 1. The molecule has 3 aromatic rings. The number of nitrogens with zero attached hydrogens (tertiary/aromatic N) is 3. The molecule has 0 saturated heterocycles. The van der Waals surface area contributed by atoms with Gasteiger partial charge in [-0.15, -0.1) is 0 Å². The summed E-state index contributed by atoms with van der Waals surface area (Å²) in [6.45, 7) is 4.44. The molecule has 0 aliphatic heterocycles. The smallest absolute Gasteiger partial charge is 0.254 e. The Labute approximate surface area is 150 Å². The van der Waals surface area contributed by atoms with Gasteiger partial charge in [0.2, 0.25) is 0 Å². The van der Waals surface area contributed by atoms with Gasteiger partial charge in [-0.25, -0.2) is 9.67 Å². The van der Waals surface area contributed by atoms with E-state index in [1.807, 2.05) is 38.1 Å². The number of hydrogen-bond acceptors (Lipinski definition) is 4. The van der Waals surface area contributed by atoms with Crippen molar-refractivity contribution >= 4 is 28.5 Å². The molecule has 0 bridgehead atoms. The molecular formula is C18H19ClN4O2. The van der Waals surface area contributed by atoms with Crippen molar-refractivity contribution in [2.45, 2.75) is 20.3 Å². The van der Waals surface area contributed by atoms with E-state index in [4.69, 9.17) is 16.3 Å². The summed E-state index contributed by atoms with van der Waals surface area (Å²) in [6, 6.07) is 7.49. The van der Waals surface area contributed by atoms with Gasteiger partial charge in [-0.1, -0.05) is 18.5 Å². The summed E-state index contributed by atoms with van der Waals surface area (Å²) in [5.41, 5.74) is 2.53. The van der Waals surface area contributed by atoms with E-state index in [0.29, 0.717) is 33.9 Å². The highest BCUT2D eigenvalue weighted by Gasteiger charge is 2.19. The lowest BCUT2D eigenvalue weighted by Crippen LogP contribution is -2.24. The second-order valence-electron chi connectivity index (χ2n) is 5.64. The average Bonchev–Trinajstić information content (AvgIpc) is 2.97. The van der Waals surface area contributed by atoms with Gasteiger partial charge in [0.1, 0.15) is 5.75 Å². The number of nitrogens with one attached hydrogen (secondary N) is 1. The number of aryl methyl sites for hydroxylation is 1. The zero-order valence-electron chi connectivity index (χ0n) is 14.3. The predicted octanol–water partition coefficient (Wildman–Crippen LogP) is 3.53. The Kier molecular flexibility index (Phi) is 4.90. The van der Waals surface area contributed by atoms with Crippen LogP contribution in [0.25, 0.3) is 16.7 Å². The van der Waals surface area contributed by atoms with Gasteiger partial charge < -0.3 is 10.1 Å². The largest absolute Gasteiger partial charge is 0.497 e. The van der Waals surface area contributed by atoms with Crippen LogP contribution < -0.4 is 10.1 Å². The minimum Gasteiger partial charge on any atom is -0.497 e. The molecule has 1 N–H and O–H groups in total. The van der Waals surface area contributed by atoms with Crippen LogP contribution in [-0.2, 0) is 0 Å². The third kappa shape index (κ3) is 3.17. The molecule has 1 aromatic carbocycles. The van der Waals surface area contributed by atoms with E-state index in [0.717, 1.165) is 17.9 Å². The van der Waals surface area contributed by atoms with Gasteiger partial charge in [-0.3, -0.25) is 4.79 Å². The Morgan fingerprint density at radius 3 is 2.68 bits per heavy atom. The number of rotatable bonds is 5. The molecule has 0 radical (unpaired) electrons. The maximum absolute atomic E-state index is 12.3. The minimum atomic E-state index is -0.224. The Balaban J connectivity index is 2.08. The first-order valence-corrected chi connectivity index (χ1v) is 8.41. The van der Waals surface area contributed by atoms with Crippen LogP contribution in [0.2, 0.25) is 5.02 Å². The van der Waals surface area contributed by atoms with E-state index in [-0.39, 0.29) is 5.91 Å². The SMILES string of the molecule is CCCNC(=O)c1cnc2c(c(C)nn2-c2ccc(OC)cc2)c1Cl. The van der Waals surface area contributed by atoms with E-state index >= 15 is 0 Å². The zero-order chi connectivity index (χ0) is 18.0. The highest BCUT2D eigenvalue weighted by Crippen LogP contribution is 2.30. The van der Waals surface area contributed by atoms with Crippen molar-refractivity contribution in [1.29, 1.82) is 0 Å². The molecular weight excluding hydrogens is 340 g/mol. The standard InChI is InChI=1S/C18H19ClN4O2/c1-4-9-20-18(24)14-10-21-17-15(16(14)19)11(2)22-23(17)12-5-7-13(25-3)8-6-12/h5-8,10H,4,9H2,1-3H3,(H,20,24). The number of fused-ring (bicyclic) bond motifs is 1. The van der Waals surface area contributed by atoms with Crippen molar-refractivity contribution in [1.82, 2.24) is 20.1 Å². The number of hydrogen-bond donors (Lipinski definition) is 1. The monoisotopic (exact) mass is 358 g/mol. The van der Waals surface area contributed by atoms with Crippen molar-refractivity contribution < 1.29 is 9.53 Å². The Morgan fingerprint density at radius 1 is 1.32 bits per heavy atom. The molecule has 130 valence electrons. The Morgan fingerprint density at radius 2 is 2.04 bits per heavy atom. The quantitative estimate of drug-likeness (QED) is 0.757. The Bertz CT molecular complexity index is 919. The lowest BCUT2D eigenvalue weighted by Gasteiger charge is -2.07. The molecule has 0 fully saturated rings. The summed E-state index contributed by atoms with van der Waals surface area (Å²) in [4.78, 5) is 16.7. The van der Waals surface area contributed by atoms with Crippen molar-refractivity contribution in [3.8, 4) is 11.4 Å². The maximum Gasteiger partial charge on any atom is 0.254 e. The van der Waals surface area contributed by atoms with Crippen LogP contribution in [0.5, 0.6) is 5.75 Å². The van der Waals surface area contributed by atoms with Crippen LogP contribution in [0, 0.1) is 6.92 Å². The van der Waals surface area contributed by atoms with Gasteiger partial charge in [0, 0.05) is 12.7 Å². The number of amides is 1. The first kappa shape index (κ1) is 17.2. The number of aromatic nitrogens is 3. The van der Waals surface area contributed by atoms with E-state index in [9.17, 15) is 4.79 Å². The first-order chi connectivity index (χ1) is 12.1. The first-order valence-electron chi connectivity index (χ1n) is 8.03. The molecule has 3 rings (SSSR count). The van der Waals surface area contributed by atoms with Gasteiger partial charge >= 0.3 is 0 Å². The summed E-state index contributed by atoms with van der Waals surface area (Å²) in [7, 11) is 1.62. The molecule has 0 saturated carbocycles. The minimum absolute atomic E-state index is 0.224. The number of methoxy groups -OCH3 is 1. The Hall–Kier alpha value is -2.60. The van der Waals surface area contributed by atoms with Crippen molar-refractivity contribution in [2.75, 3.05) is 13.7 Å². The zero-order valence-corrected chi connectivity index (χ0v) is 15.1. The van der Waals surface area contributed by atoms with Crippen LogP contribution in [-0.4, -0.2) is 34.3 Å². The number of carbonyl (C=O) groups is 1. The molecule has 2 heterocycles. The number of benzene rings is 1. The summed E-state index contributed by atoms with van der Waals surface area (Å²) in [6.07, 6.45) is 2.35. The van der Waals surface area contributed by atoms with E-state index < -0.39 is 0 Å². The normalized spacial score (nSPS) is 10.9. The highest BCUT2D eigenvalue weighted by atomic mass is 35.5. The summed E-state index contributed by atoms with van der Waals surface area (Å²) < 4.78 is 6.89. The molecule has 0 atom stereocenters. The van der Waals surface area contributed by atoms with Crippen LogP contribution in [0.15, 0.2) is 30.5 Å². The second kappa shape index (κ2) is 7.11. The molecule has 2 aromatic heterocycles. The summed E-state index contributed by atoms with van der Waals surface area (Å²) in [5.74, 6) is 0.538. The molecule has 6 nitrogen and oxygen atoms in total. The van der Waals surface area contributed by atoms with Crippen molar-refractivity contribution in [3.05, 3.63) is 46.7 Å². The predicted molar refractivity (Wildman–Crippen MR) is 97.8 cm³/mol. The molecule has 7 heteroatoms. The fourth-order valence-electron chi connectivity index (χ4n) is 2.60. The van der Waals surface area contributed by atoms with Gasteiger partial charge in [-0.2, -0.15) is 5.10 Å². The molecule has 0 unspecified atom stereocenters. The van der Waals surface area contributed by atoms with Crippen LogP contribution in [0.4, 0.5) is 0 Å². The summed E-state index contributed by atoms with van der Waals surface area (Å²) in [5, 5.41) is 8.41. The fourth-order valence-corrected chi connectivity index (χ4v) is 2.96. The molecule has 0 aliphatic rings. The number of pyridine rings is 1. The van der Waals surface area contributed by atoms with Crippen molar-refractivity contribution in [2.24, 2.45) is 0 Å². The third-order valence-corrected chi connectivity index (χ3v) is 4.30. The van der Waals surface area contributed by atoms with Gasteiger partial charge in [-0.05, 0) is 37.6 Å². The highest BCUT2D eigenvalue weighted by molar-refractivity contribution is 6.38. The third-order valence-electron chi connectivity index (χ3n) is 3.91. The number of carbonyl (C=O) groups excluding carboxylic acids is 1. The average molecular weight is 359 g/mol. The van der Waals surface area contributed by atoms with Crippen molar-refractivity contribution in [3.63, 3.8) is 0 Å². The molecule has 25 heavy (non-hydrogen) atoms. The van der Waals surface area contributed by atoms with Crippen LogP contribution in [0.1, 0.15) is 29.4 Å². The van der Waals surface area contributed by atoms with E-state index in [1.165, 1.54) is 6.20 Å². The lowest BCUT2D eigenvalue weighted by molar-refractivity contribution is 0.0953. The van der Waals surface area contributed by atoms with Gasteiger partial charge in [0.05, 0.1) is 34.5 Å². The van der Waals surface area contributed by atoms with Crippen LogP contribution >= 0.6 is 11.6 Å². The van der Waals surface area contributed by atoms with Gasteiger partial charge in [0.25, 0.3) is 5.91 Å². The molecule has 0 spiro atoms. The van der Waals surface area contributed by atoms with Gasteiger partial charge in [0.15, 0.2) is 5.65 Å². The fraction of sp³-hybridized carbons (Fsp3) is 0.278. The second-order valence-corrected chi connectivity index (χ2v) is 6.01. The molecule has 0 aliphatic carbocycles.